The zero-order valence-corrected chi connectivity index (χ0v) is 17.9. The first-order valence-corrected chi connectivity index (χ1v) is 9.18. The molecule has 1 aliphatic heterocycles. The summed E-state index contributed by atoms with van der Waals surface area (Å²) in [5, 5.41) is 0. The third-order valence-corrected chi connectivity index (χ3v) is 5.02. The van der Waals surface area contributed by atoms with Crippen LogP contribution >= 0.6 is 0 Å². The van der Waals surface area contributed by atoms with Gasteiger partial charge in [0.25, 0.3) is 0 Å². The van der Waals surface area contributed by atoms with Crippen molar-refractivity contribution in [3.63, 3.8) is 0 Å². The van der Waals surface area contributed by atoms with E-state index >= 15 is 0 Å². The van der Waals surface area contributed by atoms with E-state index in [1.165, 1.54) is 11.1 Å². The minimum atomic E-state index is -0.313. The van der Waals surface area contributed by atoms with Crippen LogP contribution in [0.5, 0.6) is 0 Å². The van der Waals surface area contributed by atoms with Gasteiger partial charge in [0.1, 0.15) is 13.1 Å². The molecule has 1 aliphatic rings. The number of rotatable bonds is 5. The van der Waals surface area contributed by atoms with Gasteiger partial charge in [0.15, 0.2) is 0 Å². The van der Waals surface area contributed by atoms with Crippen LogP contribution in [0, 0.1) is 0 Å². The summed E-state index contributed by atoms with van der Waals surface area (Å²) in [6.45, 7) is 10.4. The zero-order chi connectivity index (χ0) is 19.3. The van der Waals surface area contributed by atoms with Crippen LogP contribution in [-0.2, 0) is 22.4 Å². The molecular formula is C20H37BN2O2+2. The molecule has 0 aliphatic carbocycles. The second kappa shape index (κ2) is 6.38. The van der Waals surface area contributed by atoms with Crippen molar-refractivity contribution in [3.8, 4) is 0 Å². The van der Waals surface area contributed by atoms with Crippen molar-refractivity contribution in [2.45, 2.75) is 52.0 Å². The maximum atomic E-state index is 6.31. The van der Waals surface area contributed by atoms with Crippen LogP contribution in [0.15, 0.2) is 18.2 Å². The molecule has 0 aromatic heterocycles. The third-order valence-electron chi connectivity index (χ3n) is 5.02. The zero-order valence-electron chi connectivity index (χ0n) is 17.9. The first kappa shape index (κ1) is 20.4. The Morgan fingerprint density at radius 3 is 1.72 bits per heavy atom. The van der Waals surface area contributed by atoms with Crippen LogP contribution in [0.3, 0.4) is 0 Å². The lowest BCUT2D eigenvalue weighted by atomic mass is 9.75. The molecular weight excluding hydrogens is 311 g/mol. The predicted molar refractivity (Wildman–Crippen MR) is 106 cm³/mol. The van der Waals surface area contributed by atoms with Gasteiger partial charge in [0.05, 0.1) is 53.5 Å². The fourth-order valence-corrected chi connectivity index (χ4v) is 3.15. The van der Waals surface area contributed by atoms with Crippen LogP contribution in [-0.4, -0.2) is 69.6 Å². The highest BCUT2D eigenvalue weighted by Crippen LogP contribution is 2.36. The molecule has 0 atom stereocenters. The first-order valence-electron chi connectivity index (χ1n) is 9.18. The van der Waals surface area contributed by atoms with Gasteiger partial charge in [0, 0.05) is 11.1 Å². The molecule has 2 rings (SSSR count). The molecule has 1 aromatic rings. The standard InChI is InChI=1S/C20H37BN2O2/c1-19(2)20(3,4)25-21(24-19)18-12-11-16(14-22(5,6)7)13-17(18)15-23(8,9)10/h11-13H,14-15H2,1-10H3/q+2. The van der Waals surface area contributed by atoms with Gasteiger partial charge >= 0.3 is 7.12 Å². The summed E-state index contributed by atoms with van der Waals surface area (Å²) < 4.78 is 14.4. The number of nitrogens with zero attached hydrogens (tertiary/aromatic N) is 2. The molecule has 0 spiro atoms. The van der Waals surface area contributed by atoms with E-state index in [9.17, 15) is 0 Å². The monoisotopic (exact) mass is 348 g/mol. The average molecular weight is 348 g/mol. The van der Waals surface area contributed by atoms with Gasteiger partial charge in [-0.2, -0.15) is 0 Å². The van der Waals surface area contributed by atoms with Crippen molar-refractivity contribution < 1.29 is 18.3 Å². The molecule has 0 radical (unpaired) electrons. The molecule has 1 heterocycles. The first-order chi connectivity index (χ1) is 11.1. The molecule has 25 heavy (non-hydrogen) atoms. The van der Waals surface area contributed by atoms with Crippen molar-refractivity contribution in [2.24, 2.45) is 0 Å². The normalized spacial score (nSPS) is 20.2. The van der Waals surface area contributed by atoms with Gasteiger partial charge in [-0.15, -0.1) is 0 Å². The van der Waals surface area contributed by atoms with Gasteiger partial charge in [0.2, 0.25) is 0 Å². The maximum Gasteiger partial charge on any atom is 0.495 e. The van der Waals surface area contributed by atoms with Crippen molar-refractivity contribution in [2.75, 3.05) is 42.3 Å². The molecule has 0 unspecified atom stereocenters. The van der Waals surface area contributed by atoms with E-state index in [2.05, 4.69) is 88.2 Å². The minimum Gasteiger partial charge on any atom is -0.399 e. The van der Waals surface area contributed by atoms with Crippen LogP contribution in [0.2, 0.25) is 0 Å². The summed E-state index contributed by atoms with van der Waals surface area (Å²) in [5.41, 5.74) is 3.21. The van der Waals surface area contributed by atoms with Gasteiger partial charge in [-0.3, -0.25) is 0 Å². The topological polar surface area (TPSA) is 18.5 Å². The van der Waals surface area contributed by atoms with Crippen molar-refractivity contribution in [3.05, 3.63) is 29.3 Å². The highest BCUT2D eigenvalue weighted by atomic mass is 16.7. The number of hydrogen-bond donors (Lipinski definition) is 0. The molecule has 1 fully saturated rings. The highest BCUT2D eigenvalue weighted by Gasteiger charge is 2.52. The maximum absolute atomic E-state index is 6.31. The van der Waals surface area contributed by atoms with Crippen molar-refractivity contribution in [1.29, 1.82) is 0 Å². The fourth-order valence-electron chi connectivity index (χ4n) is 3.15. The number of hydrogen-bond acceptors (Lipinski definition) is 2. The van der Waals surface area contributed by atoms with Crippen LogP contribution < -0.4 is 5.46 Å². The summed E-state index contributed by atoms with van der Waals surface area (Å²) in [6.07, 6.45) is 0. The molecule has 1 aromatic carbocycles. The van der Waals surface area contributed by atoms with E-state index in [0.29, 0.717) is 0 Å². The quantitative estimate of drug-likeness (QED) is 0.601. The Kier molecular flexibility index (Phi) is 5.21. The lowest BCUT2D eigenvalue weighted by Crippen LogP contribution is -2.42. The Labute approximate surface area is 155 Å². The lowest BCUT2D eigenvalue weighted by Gasteiger charge is -2.32. The van der Waals surface area contributed by atoms with Gasteiger partial charge in [-0.25, -0.2) is 0 Å². The molecule has 0 amide bonds. The second-order valence-electron chi connectivity index (χ2n) is 10.5. The summed E-state index contributed by atoms with van der Waals surface area (Å²) in [5.74, 6) is 0. The molecule has 0 saturated carbocycles. The summed E-state index contributed by atoms with van der Waals surface area (Å²) in [7, 11) is 13.0. The van der Waals surface area contributed by atoms with Gasteiger partial charge in [-0.05, 0) is 39.2 Å². The Balaban J connectivity index is 2.40. The van der Waals surface area contributed by atoms with Crippen LogP contribution in [0.25, 0.3) is 0 Å². The molecule has 1 saturated heterocycles. The Bertz CT molecular complexity index is 612. The van der Waals surface area contributed by atoms with Crippen molar-refractivity contribution >= 4 is 12.6 Å². The average Bonchev–Trinajstić information content (AvgIpc) is 2.54. The summed E-state index contributed by atoms with van der Waals surface area (Å²) >= 11 is 0. The molecule has 5 heteroatoms. The predicted octanol–water partition coefficient (Wildman–Crippen LogP) is 2.40. The van der Waals surface area contributed by atoms with E-state index in [1.807, 2.05) is 0 Å². The third kappa shape index (κ3) is 5.07. The van der Waals surface area contributed by atoms with Gasteiger partial charge < -0.3 is 18.3 Å². The summed E-state index contributed by atoms with van der Waals surface area (Å²) in [4.78, 5) is 0. The van der Waals surface area contributed by atoms with E-state index in [4.69, 9.17) is 9.31 Å². The fraction of sp³-hybridized carbons (Fsp3) is 0.700. The van der Waals surface area contributed by atoms with Crippen LogP contribution in [0.1, 0.15) is 38.8 Å². The van der Waals surface area contributed by atoms with E-state index in [1.54, 1.807) is 0 Å². The second-order valence-corrected chi connectivity index (χ2v) is 10.5. The molecule has 4 nitrogen and oxygen atoms in total. The SMILES string of the molecule is CC1(C)OB(c2ccc(C[N+](C)(C)C)cc2C[N+](C)(C)C)OC1(C)C. The Hall–Kier alpha value is -0.875. The smallest absolute Gasteiger partial charge is 0.399 e. The minimum absolute atomic E-state index is 0.301. The van der Waals surface area contributed by atoms with E-state index in [-0.39, 0.29) is 18.3 Å². The number of benzene rings is 1. The lowest BCUT2D eigenvalue weighted by molar-refractivity contribution is -0.884. The largest absolute Gasteiger partial charge is 0.495 e. The molecule has 0 N–H and O–H groups in total. The van der Waals surface area contributed by atoms with E-state index < -0.39 is 0 Å². The van der Waals surface area contributed by atoms with Crippen LogP contribution in [0.4, 0.5) is 0 Å². The number of quaternary nitrogens is 2. The van der Waals surface area contributed by atoms with Gasteiger partial charge in [-0.1, -0.05) is 12.1 Å². The highest BCUT2D eigenvalue weighted by molar-refractivity contribution is 6.62. The Morgan fingerprint density at radius 2 is 1.28 bits per heavy atom. The Morgan fingerprint density at radius 1 is 0.800 bits per heavy atom. The van der Waals surface area contributed by atoms with E-state index in [0.717, 1.165) is 27.5 Å². The molecule has 140 valence electrons. The van der Waals surface area contributed by atoms with Crippen molar-refractivity contribution in [1.82, 2.24) is 0 Å². The summed E-state index contributed by atoms with van der Waals surface area (Å²) in [6, 6.07) is 6.77. The molecule has 0 bridgehead atoms.